The maximum absolute atomic E-state index is 13.3. The topological polar surface area (TPSA) is 102 Å². The normalized spacial score (nSPS) is 31.0. The Balaban J connectivity index is 1.53. The standard InChI is InChI=1S/C28H35NO7/c1-15-7-8-17-14-20-28(33)10-9-19(23-27(28,11-12-29(20)6)21(17)22(15)35-23)34-24(31)18(13-16(2)30)25(32)36-26(3,4)5/h7-9,18,20,23,33H,10-14H2,1-6H3/t18-,20+,23-,27-,28+/m0/s1. The third-order valence-electron chi connectivity index (χ3n) is 8.26. The summed E-state index contributed by atoms with van der Waals surface area (Å²) in [5, 5.41) is 12.2. The third-order valence-corrected chi connectivity index (χ3v) is 8.26. The number of likely N-dealkylation sites (N-methyl/N-ethyl adjacent to an activating group) is 1. The number of carbonyl (C=O) groups is 3. The Labute approximate surface area is 211 Å². The van der Waals surface area contributed by atoms with Gasteiger partial charge in [-0.3, -0.25) is 14.4 Å². The van der Waals surface area contributed by atoms with Gasteiger partial charge in [0, 0.05) is 24.4 Å². The Morgan fingerprint density at radius 3 is 2.64 bits per heavy atom. The SMILES string of the molecule is CC(=O)C[C@@H](C(=O)OC1=CC[C@@]2(O)[C@H]3Cc4ccc(C)c5c4[C@@]2(CCN3C)[C@H]1O5)C(=O)OC(C)(C)C. The zero-order chi connectivity index (χ0) is 26.2. The smallest absolute Gasteiger partial charge is 0.325 e. The van der Waals surface area contributed by atoms with Crippen molar-refractivity contribution in [2.75, 3.05) is 13.6 Å². The second kappa shape index (κ2) is 8.15. The Morgan fingerprint density at radius 2 is 1.97 bits per heavy atom. The van der Waals surface area contributed by atoms with Crippen LogP contribution in [0.1, 0.15) is 63.6 Å². The number of esters is 2. The molecular weight excluding hydrogens is 462 g/mol. The number of Topliss-reactive ketones (excluding diaryl/α,β-unsaturated/α-hetero) is 1. The van der Waals surface area contributed by atoms with Gasteiger partial charge in [-0.05, 0) is 78.3 Å². The summed E-state index contributed by atoms with van der Waals surface area (Å²) in [6.45, 7) is 9.18. The summed E-state index contributed by atoms with van der Waals surface area (Å²) in [4.78, 5) is 40.3. The minimum Gasteiger partial charge on any atom is -0.481 e. The van der Waals surface area contributed by atoms with Crippen molar-refractivity contribution in [3.8, 4) is 5.75 Å². The maximum atomic E-state index is 13.3. The van der Waals surface area contributed by atoms with Crippen LogP contribution in [0.15, 0.2) is 24.0 Å². The molecule has 5 rings (SSSR count). The third kappa shape index (κ3) is 3.52. The van der Waals surface area contributed by atoms with Gasteiger partial charge >= 0.3 is 11.9 Å². The van der Waals surface area contributed by atoms with Gasteiger partial charge in [-0.15, -0.1) is 0 Å². The largest absolute Gasteiger partial charge is 0.481 e. The highest BCUT2D eigenvalue weighted by atomic mass is 16.6. The Bertz CT molecular complexity index is 1180. The van der Waals surface area contributed by atoms with Crippen LogP contribution in [0.4, 0.5) is 0 Å². The molecule has 1 fully saturated rings. The van der Waals surface area contributed by atoms with Crippen LogP contribution in [-0.4, -0.2) is 64.7 Å². The van der Waals surface area contributed by atoms with Gasteiger partial charge in [-0.25, -0.2) is 0 Å². The van der Waals surface area contributed by atoms with E-state index in [1.807, 2.05) is 20.0 Å². The molecule has 0 amide bonds. The quantitative estimate of drug-likeness (QED) is 0.490. The number of ether oxygens (including phenoxy) is 3. The summed E-state index contributed by atoms with van der Waals surface area (Å²) >= 11 is 0. The van der Waals surface area contributed by atoms with Gasteiger partial charge in [-0.2, -0.15) is 0 Å². The highest BCUT2D eigenvalue weighted by Gasteiger charge is 2.71. The lowest BCUT2D eigenvalue weighted by Gasteiger charge is -2.61. The maximum Gasteiger partial charge on any atom is 0.325 e. The summed E-state index contributed by atoms with van der Waals surface area (Å²) in [5.74, 6) is -2.30. The van der Waals surface area contributed by atoms with Crippen molar-refractivity contribution in [1.82, 2.24) is 4.90 Å². The zero-order valence-electron chi connectivity index (χ0n) is 21.8. The highest BCUT2D eigenvalue weighted by Crippen LogP contribution is 2.64. The van der Waals surface area contributed by atoms with Crippen LogP contribution in [0.3, 0.4) is 0 Å². The minimum atomic E-state index is -1.38. The molecule has 36 heavy (non-hydrogen) atoms. The molecular formula is C28H35NO7. The zero-order valence-corrected chi connectivity index (χ0v) is 21.8. The van der Waals surface area contributed by atoms with E-state index in [0.29, 0.717) is 12.8 Å². The molecule has 2 heterocycles. The van der Waals surface area contributed by atoms with E-state index in [1.165, 1.54) is 6.92 Å². The lowest BCUT2D eigenvalue weighted by molar-refractivity contribution is -0.176. The number of carbonyl (C=O) groups excluding carboxylic acids is 3. The van der Waals surface area contributed by atoms with Crippen LogP contribution in [0, 0.1) is 12.8 Å². The van der Waals surface area contributed by atoms with Crippen LogP contribution in [-0.2, 0) is 35.7 Å². The monoisotopic (exact) mass is 497 g/mol. The lowest BCUT2D eigenvalue weighted by Crippen LogP contribution is -2.74. The molecule has 2 bridgehead atoms. The first kappa shape index (κ1) is 25.0. The van der Waals surface area contributed by atoms with Crippen molar-refractivity contribution >= 4 is 17.7 Å². The van der Waals surface area contributed by atoms with Crippen molar-refractivity contribution in [2.24, 2.45) is 5.92 Å². The number of benzene rings is 1. The molecule has 1 N–H and O–H groups in total. The molecule has 0 saturated carbocycles. The fourth-order valence-corrected chi connectivity index (χ4v) is 6.70. The summed E-state index contributed by atoms with van der Waals surface area (Å²) in [6, 6.07) is 4.05. The average molecular weight is 498 g/mol. The number of piperidine rings is 1. The van der Waals surface area contributed by atoms with Crippen LogP contribution in [0.5, 0.6) is 5.75 Å². The number of aryl methyl sites for hydroxylation is 1. The average Bonchev–Trinajstić information content (AvgIpc) is 3.12. The molecule has 1 spiro atoms. The fourth-order valence-electron chi connectivity index (χ4n) is 6.70. The molecule has 8 heteroatoms. The predicted octanol–water partition coefficient (Wildman–Crippen LogP) is 2.75. The first-order valence-corrected chi connectivity index (χ1v) is 12.6. The van der Waals surface area contributed by atoms with Gasteiger partial charge < -0.3 is 24.2 Å². The summed E-state index contributed by atoms with van der Waals surface area (Å²) in [7, 11) is 2.03. The molecule has 0 unspecified atom stereocenters. The number of hydrogen-bond donors (Lipinski definition) is 1. The van der Waals surface area contributed by atoms with E-state index < -0.39 is 40.6 Å². The Morgan fingerprint density at radius 1 is 1.25 bits per heavy atom. The molecule has 4 aliphatic rings. The van der Waals surface area contributed by atoms with E-state index in [-0.39, 0.29) is 24.0 Å². The van der Waals surface area contributed by atoms with Crippen LogP contribution >= 0.6 is 0 Å². The van der Waals surface area contributed by atoms with Crippen molar-refractivity contribution in [3.05, 3.63) is 40.7 Å². The number of rotatable bonds is 5. The molecule has 1 aromatic carbocycles. The highest BCUT2D eigenvalue weighted by molar-refractivity contribution is 5.99. The summed E-state index contributed by atoms with van der Waals surface area (Å²) < 4.78 is 17.8. The number of hydrogen-bond acceptors (Lipinski definition) is 8. The Hall–Kier alpha value is -2.71. The van der Waals surface area contributed by atoms with Crippen molar-refractivity contribution in [3.63, 3.8) is 0 Å². The van der Waals surface area contributed by atoms with Crippen LogP contribution < -0.4 is 4.74 Å². The molecule has 2 aliphatic heterocycles. The number of likely N-dealkylation sites (tertiary alicyclic amines) is 1. The van der Waals surface area contributed by atoms with E-state index in [1.54, 1.807) is 26.8 Å². The van der Waals surface area contributed by atoms with E-state index >= 15 is 0 Å². The van der Waals surface area contributed by atoms with Crippen molar-refractivity contribution < 1.29 is 33.7 Å². The number of ketones is 1. The molecule has 1 aromatic rings. The van der Waals surface area contributed by atoms with Gasteiger partial charge in [0.25, 0.3) is 0 Å². The fraction of sp³-hybridized carbons (Fsp3) is 0.607. The number of nitrogens with zero attached hydrogens (tertiary/aromatic N) is 1. The molecule has 2 aliphatic carbocycles. The molecule has 1 saturated heterocycles. The van der Waals surface area contributed by atoms with Gasteiger partial charge in [0.05, 0.1) is 11.0 Å². The molecule has 194 valence electrons. The second-order valence-corrected chi connectivity index (χ2v) is 11.8. The van der Waals surface area contributed by atoms with E-state index in [4.69, 9.17) is 14.2 Å². The second-order valence-electron chi connectivity index (χ2n) is 11.8. The van der Waals surface area contributed by atoms with Gasteiger partial charge in [0.2, 0.25) is 0 Å². The van der Waals surface area contributed by atoms with E-state index in [0.717, 1.165) is 35.4 Å². The molecule has 8 nitrogen and oxygen atoms in total. The van der Waals surface area contributed by atoms with Crippen LogP contribution in [0.25, 0.3) is 0 Å². The van der Waals surface area contributed by atoms with E-state index in [9.17, 15) is 19.5 Å². The molecule has 0 radical (unpaired) electrons. The van der Waals surface area contributed by atoms with Crippen molar-refractivity contribution in [1.29, 1.82) is 0 Å². The van der Waals surface area contributed by atoms with Gasteiger partial charge in [0.1, 0.15) is 22.9 Å². The van der Waals surface area contributed by atoms with Gasteiger partial charge in [0.15, 0.2) is 12.0 Å². The van der Waals surface area contributed by atoms with Crippen LogP contribution in [0.2, 0.25) is 0 Å². The summed E-state index contributed by atoms with van der Waals surface area (Å²) in [6.07, 6.45) is 2.36. The predicted molar refractivity (Wildman–Crippen MR) is 130 cm³/mol. The van der Waals surface area contributed by atoms with E-state index in [2.05, 4.69) is 11.0 Å². The first-order valence-electron chi connectivity index (χ1n) is 12.6. The number of aliphatic hydroxyl groups is 1. The van der Waals surface area contributed by atoms with Crippen molar-refractivity contribution in [2.45, 2.75) is 89.1 Å². The molecule has 0 aromatic heterocycles. The lowest BCUT2D eigenvalue weighted by atomic mass is 9.50. The Kier molecular flexibility index (Phi) is 5.65. The minimum absolute atomic E-state index is 0.0979. The summed E-state index contributed by atoms with van der Waals surface area (Å²) in [5.41, 5.74) is 0.471. The first-order chi connectivity index (χ1) is 16.8. The van der Waals surface area contributed by atoms with Gasteiger partial charge in [-0.1, -0.05) is 12.1 Å². The molecule has 5 atom stereocenters.